The molecule has 0 spiro atoms. The van der Waals surface area contributed by atoms with Crippen molar-refractivity contribution in [3.05, 3.63) is 89.5 Å². The molecule has 2 bridgehead atoms. The van der Waals surface area contributed by atoms with Crippen LogP contribution in [0.1, 0.15) is 51.2 Å². The van der Waals surface area contributed by atoms with Crippen LogP contribution >= 0.6 is 0 Å². The fourth-order valence-electron chi connectivity index (χ4n) is 7.78. The fraction of sp³-hybridized carbons (Fsp3) is 0.212. The number of aliphatic hydroxyl groups excluding tert-OH is 1. The third-order valence-electron chi connectivity index (χ3n) is 9.38. The van der Waals surface area contributed by atoms with Gasteiger partial charge in [0.2, 0.25) is 0 Å². The predicted molar refractivity (Wildman–Crippen MR) is 153 cm³/mol. The maximum Gasteiger partial charge on any atom is 0.262 e. The first-order valence-electron chi connectivity index (χ1n) is 13.7. The molecule has 0 saturated heterocycles. The van der Waals surface area contributed by atoms with E-state index in [0.717, 1.165) is 61.3 Å². The molecule has 0 radical (unpaired) electrons. The van der Waals surface area contributed by atoms with Crippen molar-refractivity contribution in [2.45, 2.75) is 37.6 Å². The largest absolute Gasteiger partial charge is 0.497 e. The molecule has 2 aromatic heterocycles. The monoisotopic (exact) mass is 527 g/mol. The van der Waals surface area contributed by atoms with Crippen LogP contribution in [0.2, 0.25) is 0 Å². The Labute approximate surface area is 228 Å². The molecule has 3 atom stereocenters. The Morgan fingerprint density at radius 3 is 1.98 bits per heavy atom. The molecule has 2 unspecified atom stereocenters. The third-order valence-corrected chi connectivity index (χ3v) is 9.38. The van der Waals surface area contributed by atoms with Crippen molar-refractivity contribution in [3.8, 4) is 5.75 Å². The molecule has 7 heteroatoms. The summed E-state index contributed by atoms with van der Waals surface area (Å²) in [5.41, 5.74) is 5.81. The van der Waals surface area contributed by atoms with E-state index in [1.54, 1.807) is 7.11 Å². The average molecular weight is 528 g/mol. The molecule has 3 aliphatic rings. The summed E-state index contributed by atoms with van der Waals surface area (Å²) in [6.45, 7) is 0.181. The zero-order valence-corrected chi connectivity index (χ0v) is 21.8. The van der Waals surface area contributed by atoms with Crippen molar-refractivity contribution >= 4 is 55.4 Å². The van der Waals surface area contributed by atoms with Gasteiger partial charge < -0.3 is 19.0 Å². The predicted octanol–water partition coefficient (Wildman–Crippen LogP) is 5.96. The number of imide groups is 1. The van der Waals surface area contributed by atoms with Gasteiger partial charge >= 0.3 is 0 Å². The van der Waals surface area contributed by atoms with Crippen molar-refractivity contribution < 1.29 is 19.4 Å². The lowest BCUT2D eigenvalue weighted by Crippen LogP contribution is -2.29. The van der Waals surface area contributed by atoms with Crippen LogP contribution < -0.4 is 4.74 Å². The van der Waals surface area contributed by atoms with Gasteiger partial charge in [-0.1, -0.05) is 48.5 Å². The number of benzene rings is 4. The van der Waals surface area contributed by atoms with E-state index >= 15 is 0 Å². The number of amides is 2. The summed E-state index contributed by atoms with van der Waals surface area (Å²) in [6.07, 6.45) is 0.956. The van der Waals surface area contributed by atoms with E-state index in [-0.39, 0.29) is 30.4 Å². The maximum atomic E-state index is 14.3. The number of hydrogen-bond acceptors (Lipinski definition) is 4. The van der Waals surface area contributed by atoms with Crippen LogP contribution in [0.15, 0.2) is 72.8 Å². The average Bonchev–Trinajstić information content (AvgIpc) is 3.65. The van der Waals surface area contributed by atoms with E-state index < -0.39 is 6.10 Å². The first kappa shape index (κ1) is 22.2. The Morgan fingerprint density at radius 1 is 0.775 bits per heavy atom. The van der Waals surface area contributed by atoms with Gasteiger partial charge in [0.1, 0.15) is 5.75 Å². The van der Waals surface area contributed by atoms with Crippen molar-refractivity contribution in [3.63, 3.8) is 0 Å². The summed E-state index contributed by atoms with van der Waals surface area (Å²) >= 11 is 0. The standard InChI is InChI=1S/C33H25N3O4/c1-40-19-12-10-17(11-13-19)16-34-32(38)28-26-20-6-2-4-8-22(20)35-18-14-24(25(37)15-18)36-23-9-5-3-7-21(23)27(29(28)33(34)39)31(36)30(26)35/h2-13,18,24-25,37H,14-16H2,1H3/t18?,24?,25-/m1/s1. The second-order valence-electron chi connectivity index (χ2n) is 11.3. The van der Waals surface area contributed by atoms with E-state index in [9.17, 15) is 14.7 Å². The zero-order valence-electron chi connectivity index (χ0n) is 21.8. The number of para-hydroxylation sites is 2. The van der Waals surface area contributed by atoms with E-state index in [4.69, 9.17) is 4.74 Å². The molecule has 4 heterocycles. The van der Waals surface area contributed by atoms with Crippen LogP contribution in [0.3, 0.4) is 0 Å². The molecule has 1 fully saturated rings. The van der Waals surface area contributed by atoms with Gasteiger partial charge in [0.05, 0.1) is 48.0 Å². The summed E-state index contributed by atoms with van der Waals surface area (Å²) in [7, 11) is 1.61. The Kier molecular flexibility index (Phi) is 4.18. The molecule has 7 nitrogen and oxygen atoms in total. The summed E-state index contributed by atoms with van der Waals surface area (Å²) in [5, 5.41) is 14.9. The van der Waals surface area contributed by atoms with Gasteiger partial charge in [0.15, 0.2) is 0 Å². The van der Waals surface area contributed by atoms with E-state index in [1.807, 2.05) is 54.6 Å². The summed E-state index contributed by atoms with van der Waals surface area (Å²) in [4.78, 5) is 30.0. The Morgan fingerprint density at radius 2 is 1.35 bits per heavy atom. The molecule has 2 aliphatic heterocycles. The number of carbonyl (C=O) groups is 2. The molecule has 1 aliphatic carbocycles. The third kappa shape index (κ3) is 2.54. The summed E-state index contributed by atoms with van der Waals surface area (Å²) in [5.74, 6) is 0.195. The van der Waals surface area contributed by atoms with Crippen LogP contribution in [0.4, 0.5) is 0 Å². The van der Waals surface area contributed by atoms with E-state index in [2.05, 4.69) is 27.3 Å². The number of ether oxygens (including phenoxy) is 1. The molecule has 1 saturated carbocycles. The lowest BCUT2D eigenvalue weighted by molar-refractivity contribution is 0.0643. The fourth-order valence-corrected chi connectivity index (χ4v) is 7.78. The second-order valence-corrected chi connectivity index (χ2v) is 11.3. The summed E-state index contributed by atoms with van der Waals surface area (Å²) in [6, 6.07) is 23.7. The highest BCUT2D eigenvalue weighted by Gasteiger charge is 2.46. The molecular weight excluding hydrogens is 502 g/mol. The van der Waals surface area contributed by atoms with E-state index in [1.165, 1.54) is 4.90 Å². The number of aromatic nitrogens is 2. The number of rotatable bonds is 3. The molecule has 2 amide bonds. The normalized spacial score (nSPS) is 21.4. The maximum absolute atomic E-state index is 14.3. The van der Waals surface area contributed by atoms with Gasteiger partial charge in [-0.3, -0.25) is 14.5 Å². The van der Waals surface area contributed by atoms with Gasteiger partial charge in [-0.05, 0) is 42.7 Å². The number of carbonyl (C=O) groups excluding carboxylic acids is 2. The van der Waals surface area contributed by atoms with Crippen LogP contribution in [0, 0.1) is 0 Å². The SMILES string of the molecule is COc1ccc(CN2C(=O)c3c(c4c5ccccc5n5c4c4c3c3ccccc3n4C3CC5[C@H](O)C3)C2=O)cc1. The van der Waals surface area contributed by atoms with Crippen molar-refractivity contribution in [2.75, 3.05) is 7.11 Å². The first-order chi connectivity index (χ1) is 19.6. The molecule has 196 valence electrons. The van der Waals surface area contributed by atoms with Crippen LogP contribution in [0.25, 0.3) is 43.6 Å². The molecule has 9 rings (SSSR count). The van der Waals surface area contributed by atoms with Gasteiger partial charge in [0, 0.05) is 38.6 Å². The number of aliphatic hydroxyl groups is 1. The van der Waals surface area contributed by atoms with Crippen LogP contribution in [-0.2, 0) is 6.54 Å². The van der Waals surface area contributed by atoms with Crippen LogP contribution in [0.5, 0.6) is 5.75 Å². The van der Waals surface area contributed by atoms with Gasteiger partial charge in [-0.15, -0.1) is 0 Å². The zero-order chi connectivity index (χ0) is 26.9. The molecule has 1 N–H and O–H groups in total. The highest BCUT2D eigenvalue weighted by Crippen LogP contribution is 2.54. The molecule has 40 heavy (non-hydrogen) atoms. The minimum atomic E-state index is -0.495. The molecular formula is C33H25N3O4. The smallest absolute Gasteiger partial charge is 0.262 e. The lowest BCUT2D eigenvalue weighted by Gasteiger charge is -2.20. The topological polar surface area (TPSA) is 76.7 Å². The summed E-state index contributed by atoms with van der Waals surface area (Å²) < 4.78 is 9.91. The first-order valence-corrected chi connectivity index (χ1v) is 13.7. The van der Waals surface area contributed by atoms with Crippen LogP contribution in [-0.4, -0.2) is 44.2 Å². The second kappa shape index (κ2) is 7.52. The number of fused-ring (bicyclic) bond motifs is 13. The van der Waals surface area contributed by atoms with Crippen molar-refractivity contribution in [2.24, 2.45) is 0 Å². The van der Waals surface area contributed by atoms with Gasteiger partial charge in [0.25, 0.3) is 11.8 Å². The Balaban J connectivity index is 1.43. The number of hydrogen-bond donors (Lipinski definition) is 1. The molecule has 6 aromatic rings. The van der Waals surface area contributed by atoms with Gasteiger partial charge in [-0.2, -0.15) is 0 Å². The highest BCUT2D eigenvalue weighted by atomic mass is 16.5. The van der Waals surface area contributed by atoms with Crippen molar-refractivity contribution in [1.29, 1.82) is 0 Å². The minimum absolute atomic E-state index is 0.102. The highest BCUT2D eigenvalue weighted by molar-refractivity contribution is 6.39. The molecule has 4 aromatic carbocycles. The quantitative estimate of drug-likeness (QED) is 0.288. The van der Waals surface area contributed by atoms with Gasteiger partial charge in [-0.25, -0.2) is 0 Å². The van der Waals surface area contributed by atoms with E-state index in [0.29, 0.717) is 17.5 Å². The lowest BCUT2D eigenvalue weighted by atomic mass is 9.96. The Hall–Kier alpha value is -4.62. The van der Waals surface area contributed by atoms with Crippen molar-refractivity contribution in [1.82, 2.24) is 14.0 Å². The number of nitrogens with zero attached hydrogens (tertiary/aromatic N) is 3. The number of methoxy groups -OCH3 is 1. The minimum Gasteiger partial charge on any atom is -0.497 e. The Bertz CT molecular complexity index is 2100.